The lowest BCUT2D eigenvalue weighted by atomic mass is 9.91. The van der Waals surface area contributed by atoms with E-state index in [1.54, 1.807) is 0 Å². The van der Waals surface area contributed by atoms with E-state index in [9.17, 15) is 10.5 Å². The van der Waals surface area contributed by atoms with Crippen LogP contribution in [0.4, 0.5) is 5.69 Å². The lowest BCUT2D eigenvalue weighted by Crippen LogP contribution is -1.88. The molecule has 2 aliphatic rings. The first-order chi connectivity index (χ1) is 39.5. The van der Waals surface area contributed by atoms with Crippen LogP contribution in [0.15, 0.2) is 218 Å². The van der Waals surface area contributed by atoms with Crippen molar-refractivity contribution in [1.82, 2.24) is 24.9 Å². The molecule has 0 saturated heterocycles. The van der Waals surface area contributed by atoms with Crippen LogP contribution in [0.3, 0.4) is 0 Å². The number of benzene rings is 11. The first-order valence-electron chi connectivity index (χ1n) is 26.4. The van der Waals surface area contributed by atoms with Gasteiger partial charge in [-0.25, -0.2) is 19.8 Å². The predicted octanol–water partition coefficient (Wildman–Crippen LogP) is 18.6. The maximum absolute atomic E-state index is 10.6. The highest BCUT2D eigenvalue weighted by Gasteiger charge is 2.30. The smallest absolute Gasteiger partial charge is 0.187 e. The molecule has 0 aliphatic carbocycles. The Bertz CT molecular complexity index is 5370. The topological polar surface area (TPSA) is 122 Å². The summed E-state index contributed by atoms with van der Waals surface area (Å²) in [5.41, 5.74) is 14.9. The Hall–Kier alpha value is -11.5. The molecule has 2 N–H and O–H groups in total. The lowest BCUT2D eigenvalue weighted by molar-refractivity contribution is 1.27. The summed E-state index contributed by atoms with van der Waals surface area (Å²) >= 11 is 0. The number of nitrogens with zero attached hydrogens (tertiary/aromatic N) is 6. The number of H-pyrrole nitrogens is 2. The van der Waals surface area contributed by atoms with Gasteiger partial charge in [0.2, 0.25) is 0 Å². The summed E-state index contributed by atoms with van der Waals surface area (Å²) < 4.78 is 0. The van der Waals surface area contributed by atoms with Crippen LogP contribution < -0.4 is 0 Å². The lowest BCUT2D eigenvalue weighted by Gasteiger charge is -2.10. The van der Waals surface area contributed by atoms with Crippen LogP contribution in [0, 0.1) is 29.2 Å². The largest absolute Gasteiger partial charge is 0.353 e. The van der Waals surface area contributed by atoms with Crippen molar-refractivity contribution in [2.45, 2.75) is 0 Å². The molecule has 3 aromatic heterocycles. The molecule has 0 radical (unpaired) electrons. The van der Waals surface area contributed by atoms with Crippen molar-refractivity contribution in [3.05, 3.63) is 241 Å². The van der Waals surface area contributed by atoms with E-state index < -0.39 is 0 Å². The monoisotopic (exact) mass is 1010 g/mol. The number of hydrogen-bond donors (Lipinski definition) is 2. The van der Waals surface area contributed by atoms with Gasteiger partial charge in [-0.15, -0.1) is 0 Å². The van der Waals surface area contributed by atoms with Crippen LogP contribution in [-0.2, 0) is 0 Å². The summed E-state index contributed by atoms with van der Waals surface area (Å²) in [6.07, 6.45) is 0. The van der Waals surface area contributed by atoms with Crippen molar-refractivity contribution in [2.75, 3.05) is 0 Å². The van der Waals surface area contributed by atoms with E-state index in [0.29, 0.717) is 45.4 Å². The minimum absolute atomic E-state index is 0.493. The summed E-state index contributed by atoms with van der Waals surface area (Å²) in [5, 5.41) is 33.3. The molecule has 8 heteroatoms. The maximum Gasteiger partial charge on any atom is 0.187 e. The highest BCUT2D eigenvalue weighted by molar-refractivity contribution is 6.23. The molecule has 5 heterocycles. The van der Waals surface area contributed by atoms with Crippen LogP contribution in [-0.4, -0.2) is 24.9 Å². The van der Waals surface area contributed by atoms with Crippen molar-refractivity contribution in [3.63, 3.8) is 0 Å². The van der Waals surface area contributed by atoms with Crippen molar-refractivity contribution < 1.29 is 0 Å². The molecular weight excluding hydrogens is 977 g/mol. The van der Waals surface area contributed by atoms with E-state index in [4.69, 9.17) is 21.5 Å². The molecule has 11 aromatic carbocycles. The van der Waals surface area contributed by atoms with Crippen molar-refractivity contribution >= 4 is 92.5 Å². The van der Waals surface area contributed by atoms with E-state index in [2.05, 4.69) is 191 Å². The van der Waals surface area contributed by atoms with Crippen LogP contribution >= 0.6 is 0 Å². The maximum atomic E-state index is 10.6. The molecule has 0 unspecified atom stereocenters. The summed E-state index contributed by atoms with van der Waals surface area (Å²) in [5.74, 6) is 0.523. The predicted molar refractivity (Wildman–Crippen MR) is 325 cm³/mol. The van der Waals surface area contributed by atoms with Crippen LogP contribution in [0.25, 0.3) is 170 Å². The normalized spacial score (nSPS) is 11.7. The molecular formula is C72H38N8. The van der Waals surface area contributed by atoms with Gasteiger partial charge in [-0.1, -0.05) is 140 Å². The second-order valence-corrected chi connectivity index (χ2v) is 20.6. The minimum Gasteiger partial charge on any atom is -0.353 e. The SMILES string of the molecule is [C-]#[N+]c1cccc(-c2c3nc(nc4[nH]c(c(-c5cccc(C#N)c5)c5nc(c(-c6cccc(C#N)c6)c6[nH]c2c2cc7ccccc7cc62)-c2cc6ccccc6cc2-5)c2cc5ccccc5cc42)-c2cc4ccccc4cc2-3)c1. The fourth-order valence-electron chi connectivity index (χ4n) is 12.4. The van der Waals surface area contributed by atoms with Gasteiger partial charge in [-0.3, -0.25) is 0 Å². The van der Waals surface area contributed by atoms with Crippen LogP contribution in [0.2, 0.25) is 0 Å². The number of aromatic amines is 2. The highest BCUT2D eigenvalue weighted by atomic mass is 15.0. The van der Waals surface area contributed by atoms with Gasteiger partial charge < -0.3 is 9.97 Å². The average molecular weight is 1020 g/mol. The summed E-state index contributed by atoms with van der Waals surface area (Å²) in [7, 11) is 0. The number of fused-ring (bicyclic) bond motifs is 24. The Morgan fingerprint density at radius 2 is 0.725 bits per heavy atom. The van der Waals surface area contributed by atoms with Gasteiger partial charge in [0.25, 0.3) is 0 Å². The quantitative estimate of drug-likeness (QED) is 0.171. The molecule has 80 heavy (non-hydrogen) atoms. The van der Waals surface area contributed by atoms with Gasteiger partial charge >= 0.3 is 0 Å². The number of nitriles is 2. The van der Waals surface area contributed by atoms with Crippen LogP contribution in [0.1, 0.15) is 11.1 Å². The molecule has 366 valence electrons. The van der Waals surface area contributed by atoms with E-state index in [1.807, 2.05) is 54.6 Å². The standard InChI is InChI=1S/C72H38N8/c1-75-53-26-12-25-52(29-53)64-68-57-33-45-18-5-3-16-43(45)31-55(57)66(77-68)62(50-23-10-13-40(27-50)38-73)65-54-30-42-15-2-4-17-44(42)32-56(54)67(76-65)63(51-24-11-14-41(28-51)39-74)69-58-34-46-19-6-8-21-48(46)36-60(58)71(78-69)80-72-61-37-49-22-9-7-20-47(49)35-59(61)70(64)79-72/h2-37,77H,(H,78,79,80). The van der Waals surface area contributed by atoms with Gasteiger partial charge in [0.05, 0.1) is 63.5 Å². The Morgan fingerprint density at radius 1 is 0.350 bits per heavy atom. The first-order valence-corrected chi connectivity index (χ1v) is 26.4. The molecule has 16 rings (SSSR count). The Balaban J connectivity index is 1.24. The zero-order valence-corrected chi connectivity index (χ0v) is 42.5. The minimum atomic E-state index is 0.493. The fourth-order valence-corrected chi connectivity index (χ4v) is 12.4. The highest BCUT2D eigenvalue weighted by Crippen LogP contribution is 2.52. The molecule has 8 nitrogen and oxygen atoms in total. The number of nitrogens with one attached hydrogen (secondary N) is 2. The van der Waals surface area contributed by atoms with Gasteiger partial charge in [0.15, 0.2) is 11.5 Å². The van der Waals surface area contributed by atoms with Crippen molar-refractivity contribution in [3.8, 4) is 90.7 Å². The summed E-state index contributed by atoms with van der Waals surface area (Å²) in [4.78, 5) is 29.4. The van der Waals surface area contributed by atoms with Crippen molar-refractivity contribution in [1.29, 1.82) is 10.5 Å². The Labute approximate surface area is 457 Å². The molecule has 8 bridgehead atoms. The average Bonchev–Trinajstić information content (AvgIpc) is 4.44. The zero-order valence-electron chi connectivity index (χ0n) is 42.5. The number of aromatic nitrogens is 5. The molecule has 0 saturated carbocycles. The summed E-state index contributed by atoms with van der Waals surface area (Å²) in [6.45, 7) is 8.28. The molecule has 0 amide bonds. The number of rotatable bonds is 3. The fraction of sp³-hybridized carbons (Fsp3) is 0. The third-order valence-electron chi connectivity index (χ3n) is 16.1. The van der Waals surface area contributed by atoms with Gasteiger partial charge in [0, 0.05) is 60.5 Å². The first kappa shape index (κ1) is 44.8. The number of hydrogen-bond acceptors (Lipinski definition) is 5. The summed E-state index contributed by atoms with van der Waals surface area (Å²) in [6, 6.07) is 79.6. The van der Waals surface area contributed by atoms with Crippen LogP contribution in [0.5, 0.6) is 0 Å². The molecule has 0 fully saturated rings. The molecule has 0 atom stereocenters. The van der Waals surface area contributed by atoms with E-state index in [1.165, 1.54) is 0 Å². The third kappa shape index (κ3) is 6.82. The van der Waals surface area contributed by atoms with Gasteiger partial charge in [0.1, 0.15) is 5.65 Å². The van der Waals surface area contributed by atoms with Gasteiger partial charge in [-0.2, -0.15) is 10.5 Å². The Kier molecular flexibility index (Phi) is 9.66. The van der Waals surface area contributed by atoms with Gasteiger partial charge in [-0.05, 0) is 139 Å². The second-order valence-electron chi connectivity index (χ2n) is 20.6. The van der Waals surface area contributed by atoms with Crippen molar-refractivity contribution in [2.24, 2.45) is 0 Å². The second kappa shape index (κ2) is 17.3. The van der Waals surface area contributed by atoms with E-state index in [-0.39, 0.29) is 0 Å². The third-order valence-corrected chi connectivity index (χ3v) is 16.1. The van der Waals surface area contributed by atoms with E-state index in [0.717, 1.165) is 137 Å². The molecule has 2 aliphatic heterocycles. The molecule has 0 spiro atoms. The van der Waals surface area contributed by atoms with E-state index >= 15 is 0 Å². The molecule has 14 aromatic rings. The Morgan fingerprint density at radius 3 is 1.19 bits per heavy atom. The zero-order chi connectivity index (χ0) is 53.2.